The molecule has 2 saturated heterocycles. The van der Waals surface area contributed by atoms with Crippen LogP contribution < -0.4 is 0 Å². The van der Waals surface area contributed by atoms with Gasteiger partial charge in [0, 0.05) is 25.7 Å². The topological polar surface area (TPSA) is 32.7 Å². The van der Waals surface area contributed by atoms with Crippen LogP contribution in [0.15, 0.2) is 0 Å². The molecule has 2 aliphatic rings. The summed E-state index contributed by atoms with van der Waals surface area (Å²) in [6, 6.07) is 0.575. The van der Waals surface area contributed by atoms with Crippen molar-refractivity contribution in [3.05, 3.63) is 0 Å². The predicted molar refractivity (Wildman–Crippen MR) is 50.6 cm³/mol. The first kappa shape index (κ1) is 9.44. The largest absolute Gasteiger partial charge is 0.391 e. The van der Waals surface area contributed by atoms with E-state index in [1.165, 1.54) is 0 Å². The molecule has 2 rings (SSSR count). The third-order valence-corrected chi connectivity index (χ3v) is 3.38. The van der Waals surface area contributed by atoms with Crippen molar-refractivity contribution < 1.29 is 9.84 Å². The highest BCUT2D eigenvalue weighted by molar-refractivity contribution is 4.88. The van der Waals surface area contributed by atoms with Crippen LogP contribution in [0.5, 0.6) is 0 Å². The highest BCUT2D eigenvalue weighted by atomic mass is 16.5. The summed E-state index contributed by atoms with van der Waals surface area (Å²) >= 11 is 0. The number of aliphatic hydroxyl groups excluding tert-OH is 1. The van der Waals surface area contributed by atoms with E-state index in [1.807, 2.05) is 0 Å². The van der Waals surface area contributed by atoms with Gasteiger partial charge in [0.2, 0.25) is 0 Å². The Morgan fingerprint density at radius 1 is 1.46 bits per heavy atom. The van der Waals surface area contributed by atoms with Crippen LogP contribution >= 0.6 is 0 Å². The van der Waals surface area contributed by atoms with E-state index in [1.54, 1.807) is 0 Å². The molecule has 2 heterocycles. The molecule has 3 unspecified atom stereocenters. The molecule has 3 atom stereocenters. The zero-order valence-electron chi connectivity index (χ0n) is 8.28. The monoisotopic (exact) mass is 185 g/mol. The lowest BCUT2D eigenvalue weighted by Crippen LogP contribution is -2.34. The van der Waals surface area contributed by atoms with Gasteiger partial charge in [0.15, 0.2) is 0 Å². The summed E-state index contributed by atoms with van der Waals surface area (Å²) in [5.41, 5.74) is 0. The first-order valence-electron chi connectivity index (χ1n) is 5.31. The van der Waals surface area contributed by atoms with Crippen molar-refractivity contribution in [2.45, 2.75) is 31.9 Å². The molecule has 13 heavy (non-hydrogen) atoms. The molecule has 0 aromatic carbocycles. The van der Waals surface area contributed by atoms with Crippen LogP contribution in [0.3, 0.4) is 0 Å². The molecule has 0 spiro atoms. The van der Waals surface area contributed by atoms with Crippen LogP contribution in [-0.4, -0.2) is 48.5 Å². The second kappa shape index (κ2) is 3.95. The third kappa shape index (κ3) is 1.87. The molecule has 76 valence electrons. The lowest BCUT2D eigenvalue weighted by atomic mass is 10.0. The average molecular weight is 185 g/mol. The zero-order valence-corrected chi connectivity index (χ0v) is 8.28. The minimum atomic E-state index is -0.106. The number of β-amino-alcohol motifs (C(OH)–C–C–N with tert-alkyl or cyclic N) is 1. The summed E-state index contributed by atoms with van der Waals surface area (Å²) in [6.07, 6.45) is 2.12. The summed E-state index contributed by atoms with van der Waals surface area (Å²) < 4.78 is 5.35. The van der Waals surface area contributed by atoms with Crippen LogP contribution in [0.25, 0.3) is 0 Å². The lowest BCUT2D eigenvalue weighted by molar-refractivity contribution is 0.127. The van der Waals surface area contributed by atoms with Crippen molar-refractivity contribution in [1.29, 1.82) is 0 Å². The molecule has 2 fully saturated rings. The quantitative estimate of drug-likeness (QED) is 0.679. The van der Waals surface area contributed by atoms with Crippen LogP contribution in [-0.2, 0) is 4.74 Å². The maximum absolute atomic E-state index is 9.74. The van der Waals surface area contributed by atoms with Gasteiger partial charge in [0.1, 0.15) is 0 Å². The van der Waals surface area contributed by atoms with E-state index < -0.39 is 0 Å². The van der Waals surface area contributed by atoms with Gasteiger partial charge in [-0.3, -0.25) is 4.90 Å². The molecular weight excluding hydrogens is 166 g/mol. The number of ether oxygens (including phenoxy) is 1. The Hall–Kier alpha value is -0.120. The Labute approximate surface area is 79.7 Å². The Kier molecular flexibility index (Phi) is 2.86. The molecule has 0 aromatic heterocycles. The van der Waals surface area contributed by atoms with E-state index in [-0.39, 0.29) is 6.10 Å². The number of hydrogen-bond donors (Lipinski definition) is 1. The number of nitrogens with zero attached hydrogens (tertiary/aromatic N) is 1. The maximum Gasteiger partial charge on any atom is 0.0707 e. The molecule has 3 heteroatoms. The van der Waals surface area contributed by atoms with Crippen molar-refractivity contribution in [3.63, 3.8) is 0 Å². The van der Waals surface area contributed by atoms with E-state index in [2.05, 4.69) is 11.8 Å². The van der Waals surface area contributed by atoms with Gasteiger partial charge in [-0.15, -0.1) is 0 Å². The minimum Gasteiger partial charge on any atom is -0.391 e. The molecule has 2 aliphatic heterocycles. The zero-order chi connectivity index (χ0) is 9.26. The van der Waals surface area contributed by atoms with Crippen molar-refractivity contribution in [3.8, 4) is 0 Å². The average Bonchev–Trinajstić information content (AvgIpc) is 2.71. The van der Waals surface area contributed by atoms with Gasteiger partial charge >= 0.3 is 0 Å². The second-order valence-corrected chi connectivity index (χ2v) is 4.21. The minimum absolute atomic E-state index is 0.106. The van der Waals surface area contributed by atoms with Gasteiger partial charge in [-0.25, -0.2) is 0 Å². The molecule has 3 nitrogen and oxygen atoms in total. The number of likely N-dealkylation sites (tertiary alicyclic amines) is 1. The fraction of sp³-hybridized carbons (Fsp3) is 1.00. The Morgan fingerprint density at radius 2 is 2.31 bits per heavy atom. The molecule has 0 bridgehead atoms. The summed E-state index contributed by atoms with van der Waals surface area (Å²) in [4.78, 5) is 2.39. The van der Waals surface area contributed by atoms with E-state index in [4.69, 9.17) is 4.74 Å². The molecule has 0 aromatic rings. The van der Waals surface area contributed by atoms with Crippen LogP contribution in [0.1, 0.15) is 19.8 Å². The Bertz CT molecular complexity index is 168. The fourth-order valence-electron chi connectivity index (χ4n) is 2.40. The Morgan fingerprint density at radius 3 is 2.85 bits per heavy atom. The molecular formula is C10H19NO2. The number of hydrogen-bond acceptors (Lipinski definition) is 3. The van der Waals surface area contributed by atoms with Gasteiger partial charge in [-0.05, 0) is 18.8 Å². The van der Waals surface area contributed by atoms with Crippen LogP contribution in [0.2, 0.25) is 0 Å². The van der Waals surface area contributed by atoms with Crippen molar-refractivity contribution in [1.82, 2.24) is 4.90 Å². The smallest absolute Gasteiger partial charge is 0.0707 e. The fourth-order valence-corrected chi connectivity index (χ4v) is 2.40. The predicted octanol–water partition coefficient (Wildman–Crippen LogP) is 0.478. The van der Waals surface area contributed by atoms with E-state index >= 15 is 0 Å². The first-order chi connectivity index (χ1) is 6.31. The first-order valence-corrected chi connectivity index (χ1v) is 5.31. The van der Waals surface area contributed by atoms with Gasteiger partial charge in [0.05, 0.1) is 12.7 Å². The summed E-state index contributed by atoms with van der Waals surface area (Å²) in [5, 5.41) is 9.74. The Balaban J connectivity index is 1.88. The molecule has 1 N–H and O–H groups in total. The van der Waals surface area contributed by atoms with Gasteiger partial charge in [-0.1, -0.05) is 6.92 Å². The SMILES string of the molecule is CCC1CN(C2CCOC2)CC1O. The van der Waals surface area contributed by atoms with E-state index in [0.717, 1.165) is 39.1 Å². The van der Waals surface area contributed by atoms with Crippen molar-refractivity contribution in [2.24, 2.45) is 5.92 Å². The van der Waals surface area contributed by atoms with Crippen LogP contribution in [0.4, 0.5) is 0 Å². The third-order valence-electron chi connectivity index (χ3n) is 3.38. The highest BCUT2D eigenvalue weighted by Crippen LogP contribution is 2.24. The second-order valence-electron chi connectivity index (χ2n) is 4.21. The van der Waals surface area contributed by atoms with E-state index in [0.29, 0.717) is 12.0 Å². The summed E-state index contributed by atoms with van der Waals surface area (Å²) in [5.74, 6) is 0.487. The van der Waals surface area contributed by atoms with Crippen molar-refractivity contribution >= 4 is 0 Å². The normalized spacial score (nSPS) is 41.5. The van der Waals surface area contributed by atoms with Gasteiger partial charge in [0.25, 0.3) is 0 Å². The molecule has 0 saturated carbocycles. The number of rotatable bonds is 2. The van der Waals surface area contributed by atoms with E-state index in [9.17, 15) is 5.11 Å². The van der Waals surface area contributed by atoms with Gasteiger partial charge < -0.3 is 9.84 Å². The number of aliphatic hydroxyl groups is 1. The highest BCUT2D eigenvalue weighted by Gasteiger charge is 2.35. The van der Waals surface area contributed by atoms with Gasteiger partial charge in [-0.2, -0.15) is 0 Å². The molecule has 0 radical (unpaired) electrons. The van der Waals surface area contributed by atoms with Crippen LogP contribution in [0, 0.1) is 5.92 Å². The molecule has 0 aliphatic carbocycles. The summed E-state index contributed by atoms with van der Waals surface area (Å²) in [7, 11) is 0. The maximum atomic E-state index is 9.74. The van der Waals surface area contributed by atoms with Crippen molar-refractivity contribution in [2.75, 3.05) is 26.3 Å². The summed E-state index contributed by atoms with van der Waals surface area (Å²) in [6.45, 7) is 5.83. The lowest BCUT2D eigenvalue weighted by Gasteiger charge is -2.21. The molecule has 0 amide bonds. The standard InChI is InChI=1S/C10H19NO2/c1-2-8-5-11(6-10(8)12)9-3-4-13-7-9/h8-10,12H,2-7H2,1H3.